The first-order chi connectivity index (χ1) is 13.0. The molecule has 27 heavy (non-hydrogen) atoms. The van der Waals surface area contributed by atoms with E-state index in [9.17, 15) is 4.79 Å². The number of aromatic nitrogens is 3. The molecule has 0 aliphatic rings. The van der Waals surface area contributed by atoms with Crippen molar-refractivity contribution in [2.75, 3.05) is 6.61 Å². The van der Waals surface area contributed by atoms with Crippen molar-refractivity contribution in [1.29, 1.82) is 0 Å². The Hall–Kier alpha value is -1.89. The molecule has 0 saturated heterocycles. The Labute approximate surface area is 167 Å². The maximum Gasteiger partial charge on any atom is 0.262 e. The van der Waals surface area contributed by atoms with E-state index in [1.807, 2.05) is 32.0 Å². The van der Waals surface area contributed by atoms with Gasteiger partial charge in [-0.25, -0.2) is 4.98 Å². The molecule has 0 spiro atoms. The third kappa shape index (κ3) is 5.31. The summed E-state index contributed by atoms with van der Waals surface area (Å²) in [6.45, 7) is 5.16. The fourth-order valence-corrected chi connectivity index (χ4v) is 3.75. The van der Waals surface area contributed by atoms with Crippen LogP contribution in [0, 0.1) is 0 Å². The van der Waals surface area contributed by atoms with E-state index in [1.165, 1.54) is 11.8 Å². The van der Waals surface area contributed by atoms with Gasteiger partial charge in [0.05, 0.1) is 22.7 Å². The highest BCUT2D eigenvalue weighted by Crippen LogP contribution is 2.23. The van der Waals surface area contributed by atoms with Gasteiger partial charge in [0.1, 0.15) is 0 Å². The lowest BCUT2D eigenvalue weighted by molar-refractivity contribution is 0.0743. The van der Waals surface area contributed by atoms with Crippen molar-refractivity contribution in [2.24, 2.45) is 0 Å². The third-order valence-corrected chi connectivity index (χ3v) is 5.18. The van der Waals surface area contributed by atoms with Gasteiger partial charge < -0.3 is 4.74 Å². The quantitative estimate of drug-likeness (QED) is 0.313. The average Bonchev–Trinajstić information content (AvgIpc) is 2.65. The first-order valence-corrected chi connectivity index (χ1v) is 10.3. The average molecular weight is 404 g/mol. The maximum absolute atomic E-state index is 13.0. The van der Waals surface area contributed by atoms with Crippen LogP contribution in [0.25, 0.3) is 10.9 Å². The normalized spacial score (nSPS) is 11.4. The van der Waals surface area contributed by atoms with Crippen LogP contribution < -0.4 is 5.56 Å². The maximum atomic E-state index is 13.0. The van der Waals surface area contributed by atoms with Gasteiger partial charge >= 0.3 is 0 Å². The number of hydrogen-bond donors (Lipinski definition) is 0. The Balaban J connectivity index is 1.89. The van der Waals surface area contributed by atoms with Crippen molar-refractivity contribution in [3.05, 3.63) is 63.7 Å². The van der Waals surface area contributed by atoms with Crippen molar-refractivity contribution in [2.45, 2.75) is 43.8 Å². The van der Waals surface area contributed by atoms with Crippen molar-refractivity contribution < 1.29 is 4.74 Å². The van der Waals surface area contributed by atoms with E-state index in [4.69, 9.17) is 21.3 Å². The van der Waals surface area contributed by atoms with Gasteiger partial charge in [0.25, 0.3) is 5.56 Å². The smallest absolute Gasteiger partial charge is 0.262 e. The molecule has 0 atom stereocenters. The minimum absolute atomic E-state index is 0.0512. The molecule has 0 fully saturated rings. The van der Waals surface area contributed by atoms with Crippen molar-refractivity contribution in [3.63, 3.8) is 0 Å². The highest BCUT2D eigenvalue weighted by Gasteiger charge is 2.12. The molecule has 0 aliphatic heterocycles. The van der Waals surface area contributed by atoms with E-state index in [0.29, 0.717) is 40.0 Å². The Morgan fingerprint density at radius 3 is 2.85 bits per heavy atom. The Bertz CT molecular complexity index is 961. The summed E-state index contributed by atoms with van der Waals surface area (Å²) >= 11 is 7.59. The van der Waals surface area contributed by atoms with Gasteiger partial charge in [0.2, 0.25) is 0 Å². The first kappa shape index (κ1) is 19.9. The van der Waals surface area contributed by atoms with E-state index in [-0.39, 0.29) is 11.7 Å². The molecule has 0 amide bonds. The van der Waals surface area contributed by atoms with Crippen LogP contribution in [0.5, 0.6) is 0 Å². The number of halogens is 1. The lowest BCUT2D eigenvalue weighted by Gasteiger charge is -2.14. The molecular formula is C20H22ClN3O2S. The van der Waals surface area contributed by atoms with Crippen molar-refractivity contribution in [1.82, 2.24) is 14.5 Å². The van der Waals surface area contributed by atoms with E-state index >= 15 is 0 Å². The molecule has 0 N–H and O–H groups in total. The number of pyridine rings is 1. The Kier molecular flexibility index (Phi) is 6.88. The zero-order valence-corrected chi connectivity index (χ0v) is 17.0. The molecular weight excluding hydrogens is 382 g/mol. The second-order valence-corrected chi connectivity index (χ2v) is 7.77. The molecule has 2 aromatic heterocycles. The lowest BCUT2D eigenvalue weighted by atomic mass is 10.2. The summed E-state index contributed by atoms with van der Waals surface area (Å²) in [4.78, 5) is 22.0. The van der Waals surface area contributed by atoms with Crippen molar-refractivity contribution in [3.8, 4) is 0 Å². The van der Waals surface area contributed by atoms with E-state index < -0.39 is 0 Å². The fraction of sp³-hybridized carbons (Fsp3) is 0.350. The third-order valence-electron chi connectivity index (χ3n) is 3.93. The highest BCUT2D eigenvalue weighted by molar-refractivity contribution is 7.98. The van der Waals surface area contributed by atoms with E-state index in [0.717, 1.165) is 12.1 Å². The molecule has 0 bridgehead atoms. The number of benzene rings is 1. The van der Waals surface area contributed by atoms with Crippen LogP contribution in [0.3, 0.4) is 0 Å². The van der Waals surface area contributed by atoms with Crippen LogP contribution in [-0.4, -0.2) is 27.2 Å². The molecule has 5 nitrogen and oxygen atoms in total. The summed E-state index contributed by atoms with van der Waals surface area (Å²) in [6.07, 6.45) is 2.69. The molecule has 0 radical (unpaired) electrons. The zero-order valence-electron chi connectivity index (χ0n) is 15.4. The number of rotatable bonds is 8. The van der Waals surface area contributed by atoms with Gasteiger partial charge in [0.15, 0.2) is 5.16 Å². The molecule has 3 rings (SSSR count). The molecule has 1 aromatic carbocycles. The topological polar surface area (TPSA) is 57.0 Å². The number of nitrogens with zero attached hydrogens (tertiary/aromatic N) is 3. The van der Waals surface area contributed by atoms with Gasteiger partial charge in [-0.05, 0) is 50.6 Å². The largest absolute Gasteiger partial charge is 0.379 e. The lowest BCUT2D eigenvalue weighted by Crippen LogP contribution is -2.24. The predicted octanol–water partition coefficient (Wildman–Crippen LogP) is 4.55. The summed E-state index contributed by atoms with van der Waals surface area (Å²) in [7, 11) is 0. The standard InChI is InChI=1S/C20H22ClN3O2S/c1-14(2)26-11-5-10-24-19(25)17-8-7-15(21)12-18(17)23-20(24)27-13-16-6-3-4-9-22-16/h3-4,6-9,12,14H,5,10-11,13H2,1-2H3. The summed E-state index contributed by atoms with van der Waals surface area (Å²) in [5, 5.41) is 1.81. The SMILES string of the molecule is CC(C)OCCCn1c(SCc2ccccn2)nc2cc(Cl)ccc2c1=O. The van der Waals surface area contributed by atoms with E-state index in [1.54, 1.807) is 29.0 Å². The predicted molar refractivity (Wildman–Crippen MR) is 111 cm³/mol. The van der Waals surface area contributed by atoms with Crippen LogP contribution in [-0.2, 0) is 17.0 Å². The van der Waals surface area contributed by atoms with Gasteiger partial charge in [0, 0.05) is 30.1 Å². The summed E-state index contributed by atoms with van der Waals surface area (Å²) in [5.41, 5.74) is 1.51. The Morgan fingerprint density at radius 1 is 1.26 bits per heavy atom. The molecule has 0 saturated carbocycles. The monoisotopic (exact) mass is 403 g/mol. The van der Waals surface area contributed by atoms with Gasteiger partial charge in [-0.2, -0.15) is 0 Å². The van der Waals surface area contributed by atoms with Gasteiger partial charge in [-0.1, -0.05) is 29.4 Å². The molecule has 142 valence electrons. The van der Waals surface area contributed by atoms with Crippen LogP contribution in [0.1, 0.15) is 26.0 Å². The van der Waals surface area contributed by atoms with Crippen LogP contribution >= 0.6 is 23.4 Å². The number of hydrogen-bond acceptors (Lipinski definition) is 5. The second kappa shape index (κ2) is 9.35. The Morgan fingerprint density at radius 2 is 2.11 bits per heavy atom. The highest BCUT2D eigenvalue weighted by atomic mass is 35.5. The van der Waals surface area contributed by atoms with E-state index in [2.05, 4.69) is 4.98 Å². The second-order valence-electron chi connectivity index (χ2n) is 6.40. The first-order valence-electron chi connectivity index (χ1n) is 8.89. The molecule has 3 aromatic rings. The fourth-order valence-electron chi connectivity index (χ4n) is 2.64. The number of ether oxygens (including phenoxy) is 1. The number of fused-ring (bicyclic) bond motifs is 1. The molecule has 0 aliphatic carbocycles. The number of thioether (sulfide) groups is 1. The molecule has 2 heterocycles. The van der Waals surface area contributed by atoms with Gasteiger partial charge in [-0.3, -0.25) is 14.3 Å². The minimum Gasteiger partial charge on any atom is -0.379 e. The van der Waals surface area contributed by atoms with Crippen LogP contribution in [0.15, 0.2) is 52.5 Å². The summed E-state index contributed by atoms with van der Waals surface area (Å²) in [6, 6.07) is 11.0. The van der Waals surface area contributed by atoms with Gasteiger partial charge in [-0.15, -0.1) is 0 Å². The van der Waals surface area contributed by atoms with Crippen molar-refractivity contribution >= 4 is 34.3 Å². The van der Waals surface area contributed by atoms with Crippen LogP contribution in [0.4, 0.5) is 0 Å². The molecule has 7 heteroatoms. The summed E-state index contributed by atoms with van der Waals surface area (Å²) < 4.78 is 7.34. The van der Waals surface area contributed by atoms with Crippen LogP contribution in [0.2, 0.25) is 5.02 Å². The molecule has 0 unspecified atom stereocenters. The minimum atomic E-state index is -0.0512. The summed E-state index contributed by atoms with van der Waals surface area (Å²) in [5.74, 6) is 0.641. The zero-order chi connectivity index (χ0) is 19.2.